The molecular formula is C66H46N2O. The molecule has 3 nitrogen and oxygen atoms in total. The van der Waals surface area contributed by atoms with Crippen molar-refractivity contribution in [1.82, 2.24) is 0 Å². The van der Waals surface area contributed by atoms with Gasteiger partial charge in [-0.25, -0.2) is 0 Å². The lowest BCUT2D eigenvalue weighted by Crippen LogP contribution is -2.13. The third kappa shape index (κ3) is 8.03. The highest BCUT2D eigenvalue weighted by molar-refractivity contribution is 6.14. The first-order valence-corrected chi connectivity index (χ1v) is 23.5. The molecular weight excluding hydrogens is 837 g/mol. The number of fused-ring (bicyclic) bond motifs is 3. The fourth-order valence-corrected chi connectivity index (χ4v) is 9.69. The van der Waals surface area contributed by atoms with Crippen molar-refractivity contribution in [2.24, 2.45) is 0 Å². The number of hydrogen-bond acceptors (Lipinski definition) is 3. The first kappa shape index (κ1) is 41.3. The van der Waals surface area contributed by atoms with Crippen LogP contribution in [0, 0.1) is 0 Å². The number of rotatable bonds is 11. The Labute approximate surface area is 403 Å². The van der Waals surface area contributed by atoms with Crippen LogP contribution in [0.3, 0.4) is 0 Å². The highest BCUT2D eigenvalue weighted by atomic mass is 16.3. The van der Waals surface area contributed by atoms with Crippen molar-refractivity contribution in [2.45, 2.75) is 0 Å². The maximum atomic E-state index is 7.02. The zero-order valence-electron chi connectivity index (χ0n) is 37.9. The van der Waals surface area contributed by atoms with E-state index in [2.05, 4.69) is 283 Å². The summed E-state index contributed by atoms with van der Waals surface area (Å²) in [5, 5.41) is 2.15. The van der Waals surface area contributed by atoms with Gasteiger partial charge in [0.1, 0.15) is 5.58 Å². The molecule has 0 aliphatic carbocycles. The summed E-state index contributed by atoms with van der Waals surface area (Å²) in [7, 11) is 0. The lowest BCUT2D eigenvalue weighted by atomic mass is 9.96. The molecule has 0 unspecified atom stereocenters. The molecule has 1 heterocycles. The molecule has 12 rings (SSSR count). The fraction of sp³-hybridized carbons (Fsp3) is 0. The fourth-order valence-electron chi connectivity index (χ4n) is 9.69. The van der Waals surface area contributed by atoms with Crippen LogP contribution in [0.5, 0.6) is 0 Å². The van der Waals surface area contributed by atoms with Crippen molar-refractivity contribution < 1.29 is 4.42 Å². The van der Waals surface area contributed by atoms with Gasteiger partial charge in [0.15, 0.2) is 5.58 Å². The average molecular weight is 883 g/mol. The Kier molecular flexibility index (Phi) is 10.9. The summed E-state index contributed by atoms with van der Waals surface area (Å²) < 4.78 is 7.02. The number of furan rings is 1. The van der Waals surface area contributed by atoms with Crippen LogP contribution in [-0.4, -0.2) is 0 Å². The second kappa shape index (κ2) is 18.2. The Bertz CT molecular complexity index is 3580. The first-order valence-electron chi connectivity index (χ1n) is 23.5. The maximum absolute atomic E-state index is 7.02. The van der Waals surface area contributed by atoms with Gasteiger partial charge in [-0.15, -0.1) is 0 Å². The van der Waals surface area contributed by atoms with E-state index >= 15 is 0 Å². The summed E-state index contributed by atoms with van der Waals surface area (Å²) in [6, 6.07) is 99.6. The van der Waals surface area contributed by atoms with Crippen molar-refractivity contribution in [3.05, 3.63) is 279 Å². The van der Waals surface area contributed by atoms with Crippen molar-refractivity contribution >= 4 is 56.1 Å². The van der Waals surface area contributed by atoms with Crippen LogP contribution in [0.25, 0.3) is 77.6 Å². The molecule has 11 aromatic carbocycles. The van der Waals surface area contributed by atoms with Gasteiger partial charge in [-0.1, -0.05) is 212 Å². The largest absolute Gasteiger partial charge is 0.454 e. The topological polar surface area (TPSA) is 19.6 Å². The average Bonchev–Trinajstić information content (AvgIpc) is 3.82. The minimum atomic E-state index is 0.825. The first-order chi connectivity index (χ1) is 34.2. The Morgan fingerprint density at radius 1 is 0.232 bits per heavy atom. The maximum Gasteiger partial charge on any atom is 0.160 e. The van der Waals surface area contributed by atoms with E-state index in [0.717, 1.165) is 83.9 Å². The van der Waals surface area contributed by atoms with Gasteiger partial charge in [0.05, 0.1) is 11.4 Å². The predicted molar refractivity (Wildman–Crippen MR) is 290 cm³/mol. The minimum absolute atomic E-state index is 0.825. The number of benzene rings is 11. The van der Waals surface area contributed by atoms with E-state index in [4.69, 9.17) is 4.42 Å². The molecule has 0 radical (unpaired) electrons. The molecule has 3 heteroatoms. The van der Waals surface area contributed by atoms with Crippen LogP contribution in [0.15, 0.2) is 283 Å². The Morgan fingerprint density at radius 3 is 1.09 bits per heavy atom. The Balaban J connectivity index is 1.03. The normalized spacial score (nSPS) is 11.2. The van der Waals surface area contributed by atoms with Crippen LogP contribution >= 0.6 is 0 Å². The second-order valence-electron chi connectivity index (χ2n) is 17.3. The summed E-state index contributed by atoms with van der Waals surface area (Å²) in [4.78, 5) is 4.74. The van der Waals surface area contributed by atoms with Crippen molar-refractivity contribution in [3.8, 4) is 55.6 Å². The third-order valence-corrected chi connectivity index (χ3v) is 13.1. The molecule has 0 aliphatic rings. The zero-order valence-corrected chi connectivity index (χ0v) is 37.9. The van der Waals surface area contributed by atoms with Crippen LogP contribution < -0.4 is 9.80 Å². The Morgan fingerprint density at radius 2 is 0.594 bits per heavy atom. The quantitative estimate of drug-likeness (QED) is 0.129. The van der Waals surface area contributed by atoms with Crippen LogP contribution in [-0.2, 0) is 0 Å². The van der Waals surface area contributed by atoms with Gasteiger partial charge in [-0.05, 0) is 111 Å². The van der Waals surface area contributed by atoms with E-state index in [1.807, 2.05) is 6.07 Å². The molecule has 0 aliphatic heterocycles. The van der Waals surface area contributed by atoms with E-state index in [1.165, 1.54) is 27.8 Å². The van der Waals surface area contributed by atoms with Gasteiger partial charge < -0.3 is 14.2 Å². The van der Waals surface area contributed by atoms with Crippen molar-refractivity contribution in [2.75, 3.05) is 9.80 Å². The molecule has 0 amide bonds. The number of nitrogens with zero attached hydrogens (tertiary/aromatic N) is 2. The van der Waals surface area contributed by atoms with E-state index in [-0.39, 0.29) is 0 Å². The van der Waals surface area contributed by atoms with Gasteiger partial charge >= 0.3 is 0 Å². The van der Waals surface area contributed by atoms with Gasteiger partial charge in [0.25, 0.3) is 0 Å². The van der Waals surface area contributed by atoms with Gasteiger partial charge in [-0.2, -0.15) is 0 Å². The summed E-state index contributed by atoms with van der Waals surface area (Å²) >= 11 is 0. The smallest absolute Gasteiger partial charge is 0.160 e. The summed E-state index contributed by atoms with van der Waals surface area (Å²) in [6.45, 7) is 0. The molecule has 0 spiro atoms. The van der Waals surface area contributed by atoms with Gasteiger partial charge in [0, 0.05) is 44.6 Å². The molecule has 0 bridgehead atoms. The van der Waals surface area contributed by atoms with E-state index in [9.17, 15) is 0 Å². The van der Waals surface area contributed by atoms with E-state index < -0.39 is 0 Å². The van der Waals surface area contributed by atoms with Crippen LogP contribution in [0.2, 0.25) is 0 Å². The van der Waals surface area contributed by atoms with Gasteiger partial charge in [-0.3, -0.25) is 0 Å². The lowest BCUT2D eigenvalue weighted by molar-refractivity contribution is 0.669. The SMILES string of the molecule is c1ccc(-c2ccc(N(c3ccc(-c4ccccc4)cc3)c3ccc(-c4ccc5c(oc6ccccc65)c4N(c4ccc(-c5ccccc5)cc4)c4ccccc4-c4ccccc4)cc3)cc2)cc1. The van der Waals surface area contributed by atoms with Crippen LogP contribution in [0.4, 0.5) is 34.1 Å². The third-order valence-electron chi connectivity index (χ3n) is 13.1. The number of hydrogen-bond donors (Lipinski definition) is 0. The predicted octanol–water partition coefficient (Wildman–Crippen LogP) is 18.9. The molecule has 1 aromatic heterocycles. The number of para-hydroxylation sites is 2. The summed E-state index contributed by atoms with van der Waals surface area (Å²) in [6.07, 6.45) is 0. The van der Waals surface area contributed by atoms with E-state index in [0.29, 0.717) is 0 Å². The van der Waals surface area contributed by atoms with Crippen molar-refractivity contribution in [1.29, 1.82) is 0 Å². The second-order valence-corrected chi connectivity index (χ2v) is 17.3. The molecule has 12 aromatic rings. The van der Waals surface area contributed by atoms with E-state index in [1.54, 1.807) is 0 Å². The number of anilines is 6. The van der Waals surface area contributed by atoms with Gasteiger partial charge in [0.2, 0.25) is 0 Å². The highest BCUT2D eigenvalue weighted by Crippen LogP contribution is 2.50. The molecule has 0 N–H and O–H groups in total. The zero-order chi connectivity index (χ0) is 45.9. The highest BCUT2D eigenvalue weighted by Gasteiger charge is 2.26. The molecule has 326 valence electrons. The monoisotopic (exact) mass is 882 g/mol. The minimum Gasteiger partial charge on any atom is -0.454 e. The summed E-state index contributed by atoms with van der Waals surface area (Å²) in [5.41, 5.74) is 19.3. The Hall–Kier alpha value is -9.18. The van der Waals surface area contributed by atoms with Crippen LogP contribution in [0.1, 0.15) is 0 Å². The lowest BCUT2D eigenvalue weighted by Gasteiger charge is -2.30. The standard InChI is InChI=1S/C66H46N2O/c1-5-17-47(18-6-1)50-29-37-55(38-30-50)67(56-39-31-51(32-40-56)48-19-7-2-8-20-48)57-43-35-54(36-44-57)60-45-46-62-61-26-14-16-28-64(61)69-66(62)65(60)68(58-41-33-52(34-42-58)49-21-9-3-10-22-49)63-27-15-13-25-59(63)53-23-11-4-12-24-53/h1-46H. The molecule has 0 saturated carbocycles. The summed E-state index contributed by atoms with van der Waals surface area (Å²) in [5.74, 6) is 0. The van der Waals surface area contributed by atoms with Crippen molar-refractivity contribution in [3.63, 3.8) is 0 Å². The molecule has 69 heavy (non-hydrogen) atoms. The molecule has 0 atom stereocenters. The molecule has 0 saturated heterocycles. The molecule has 0 fully saturated rings.